The predicted octanol–water partition coefficient (Wildman–Crippen LogP) is 4.31. The SMILES string of the molecule is CCC(=O)N1c2c(OC)cccc2C(=C2SC(C(=O)OC)=C(C(=O)OC)S2)C(=S)C1(C)C. The molecule has 0 saturated carbocycles. The second-order valence-electron chi connectivity index (χ2n) is 7.34. The molecule has 0 spiro atoms. The van der Waals surface area contributed by atoms with E-state index in [1.807, 2.05) is 26.0 Å². The summed E-state index contributed by atoms with van der Waals surface area (Å²) >= 11 is 8.12. The first-order valence-electron chi connectivity index (χ1n) is 9.70. The van der Waals surface area contributed by atoms with Gasteiger partial charge in [0, 0.05) is 17.6 Å². The van der Waals surface area contributed by atoms with Crippen molar-refractivity contribution >= 4 is 69.7 Å². The lowest BCUT2D eigenvalue weighted by atomic mass is 9.83. The molecule has 32 heavy (non-hydrogen) atoms. The first-order chi connectivity index (χ1) is 15.1. The van der Waals surface area contributed by atoms with Crippen LogP contribution in [0.15, 0.2) is 32.2 Å². The molecule has 0 aromatic heterocycles. The first-order valence-corrected chi connectivity index (χ1v) is 11.7. The van der Waals surface area contributed by atoms with Crippen molar-refractivity contribution in [2.24, 2.45) is 0 Å². The molecule has 7 nitrogen and oxygen atoms in total. The molecular formula is C22H23NO6S3. The highest BCUT2D eigenvalue weighted by Crippen LogP contribution is 2.57. The topological polar surface area (TPSA) is 82.1 Å². The van der Waals surface area contributed by atoms with Gasteiger partial charge >= 0.3 is 11.9 Å². The van der Waals surface area contributed by atoms with Crippen LogP contribution in [0.25, 0.3) is 5.57 Å². The van der Waals surface area contributed by atoms with Gasteiger partial charge in [0.05, 0.1) is 41.7 Å². The molecule has 2 heterocycles. The molecule has 0 saturated heterocycles. The van der Waals surface area contributed by atoms with E-state index in [2.05, 4.69) is 0 Å². The molecule has 2 aliphatic rings. The lowest BCUT2D eigenvalue weighted by Gasteiger charge is -2.45. The molecule has 0 N–H and O–H groups in total. The second kappa shape index (κ2) is 9.29. The van der Waals surface area contributed by atoms with Crippen molar-refractivity contribution in [1.29, 1.82) is 0 Å². The summed E-state index contributed by atoms with van der Waals surface area (Å²) in [5.41, 5.74) is 1.12. The molecule has 0 fully saturated rings. The van der Waals surface area contributed by atoms with Crippen LogP contribution in [0.2, 0.25) is 0 Å². The van der Waals surface area contributed by atoms with Gasteiger partial charge in [-0.05, 0) is 19.9 Å². The van der Waals surface area contributed by atoms with Crippen LogP contribution in [0, 0.1) is 0 Å². The van der Waals surface area contributed by atoms with E-state index in [0.29, 0.717) is 38.1 Å². The number of thiocarbonyl (C=S) groups is 1. The number of para-hydroxylation sites is 1. The minimum Gasteiger partial charge on any atom is -0.495 e. The van der Waals surface area contributed by atoms with Gasteiger partial charge in [-0.1, -0.05) is 54.8 Å². The van der Waals surface area contributed by atoms with Gasteiger partial charge in [-0.15, -0.1) is 0 Å². The number of hydrogen-bond donors (Lipinski definition) is 0. The van der Waals surface area contributed by atoms with Crippen LogP contribution in [0.4, 0.5) is 5.69 Å². The summed E-state index contributed by atoms with van der Waals surface area (Å²) < 4.78 is 16.0. The fraction of sp³-hybridized carbons (Fsp3) is 0.364. The number of thioether (sulfide) groups is 2. The predicted molar refractivity (Wildman–Crippen MR) is 131 cm³/mol. The number of amides is 1. The number of benzene rings is 1. The lowest BCUT2D eigenvalue weighted by Crippen LogP contribution is -2.55. The van der Waals surface area contributed by atoms with Gasteiger partial charge in [-0.25, -0.2) is 9.59 Å². The molecule has 1 aromatic carbocycles. The van der Waals surface area contributed by atoms with Gasteiger partial charge in [0.1, 0.15) is 15.6 Å². The molecule has 0 atom stereocenters. The van der Waals surface area contributed by atoms with Gasteiger partial charge in [-0.3, -0.25) is 9.69 Å². The Balaban J connectivity index is 2.30. The largest absolute Gasteiger partial charge is 0.495 e. The Labute approximate surface area is 200 Å². The number of nitrogens with zero attached hydrogens (tertiary/aromatic N) is 1. The Bertz CT molecular complexity index is 1060. The maximum Gasteiger partial charge on any atom is 0.346 e. The quantitative estimate of drug-likeness (QED) is 0.346. The van der Waals surface area contributed by atoms with E-state index in [9.17, 15) is 14.4 Å². The average Bonchev–Trinajstić information content (AvgIpc) is 3.22. The Morgan fingerprint density at radius 1 is 1.03 bits per heavy atom. The van der Waals surface area contributed by atoms with E-state index in [1.165, 1.54) is 14.2 Å². The Kier molecular flexibility index (Phi) is 7.06. The highest BCUT2D eigenvalue weighted by molar-refractivity contribution is 8.29. The Hall–Kier alpha value is -2.30. The summed E-state index contributed by atoms with van der Waals surface area (Å²) in [6.07, 6.45) is 0.291. The van der Waals surface area contributed by atoms with Crippen LogP contribution in [-0.2, 0) is 23.9 Å². The van der Waals surface area contributed by atoms with Crippen molar-refractivity contribution in [3.63, 3.8) is 0 Å². The molecule has 0 unspecified atom stereocenters. The van der Waals surface area contributed by atoms with E-state index in [-0.39, 0.29) is 15.7 Å². The number of fused-ring (bicyclic) bond motifs is 1. The van der Waals surface area contributed by atoms with Crippen molar-refractivity contribution in [1.82, 2.24) is 0 Å². The normalized spacial score (nSPS) is 17.3. The highest BCUT2D eigenvalue weighted by atomic mass is 32.2. The monoisotopic (exact) mass is 493 g/mol. The zero-order valence-electron chi connectivity index (χ0n) is 18.6. The van der Waals surface area contributed by atoms with E-state index in [0.717, 1.165) is 23.5 Å². The van der Waals surface area contributed by atoms with Crippen molar-refractivity contribution in [2.45, 2.75) is 32.7 Å². The molecule has 10 heteroatoms. The number of carbonyl (C=O) groups is 3. The number of esters is 2. The second-order valence-corrected chi connectivity index (χ2v) is 10.0. The minimum atomic E-state index is -0.854. The summed E-state index contributed by atoms with van der Waals surface area (Å²) in [6.45, 7) is 5.54. The van der Waals surface area contributed by atoms with Crippen molar-refractivity contribution < 1.29 is 28.6 Å². The number of hydrogen-bond acceptors (Lipinski definition) is 9. The first kappa shape index (κ1) is 24.3. The van der Waals surface area contributed by atoms with Crippen LogP contribution in [-0.4, -0.2) is 49.6 Å². The summed E-state index contributed by atoms with van der Waals surface area (Å²) in [6, 6.07) is 5.45. The van der Waals surface area contributed by atoms with Crippen LogP contribution >= 0.6 is 35.7 Å². The molecule has 3 rings (SSSR count). The summed E-state index contributed by atoms with van der Waals surface area (Å²) in [7, 11) is 4.05. The van der Waals surface area contributed by atoms with Crippen molar-refractivity contribution in [3.05, 3.63) is 37.8 Å². The number of carbonyl (C=O) groups excluding carboxylic acids is 3. The van der Waals surface area contributed by atoms with Gasteiger partial charge < -0.3 is 14.2 Å². The zero-order valence-corrected chi connectivity index (χ0v) is 21.0. The smallest absolute Gasteiger partial charge is 0.346 e. The maximum atomic E-state index is 13.0. The van der Waals surface area contributed by atoms with Crippen LogP contribution in [0.3, 0.4) is 0 Å². The van der Waals surface area contributed by atoms with Crippen LogP contribution in [0.5, 0.6) is 5.75 Å². The summed E-state index contributed by atoms with van der Waals surface area (Å²) in [4.78, 5) is 40.2. The standard InChI is InChI=1S/C22H23NO6S3/c1-7-13(24)23-15-11(9-8-10-12(15)27-4)14(18(30)22(23,2)3)21-31-16(19(25)28-5)17(32-21)20(26)29-6/h8-10H,7H2,1-6H3. The number of rotatable bonds is 4. The molecule has 0 aliphatic carbocycles. The van der Waals surface area contributed by atoms with Gasteiger partial charge in [0.25, 0.3) is 0 Å². The maximum absolute atomic E-state index is 13.0. The minimum absolute atomic E-state index is 0.0949. The molecule has 0 radical (unpaired) electrons. The van der Waals surface area contributed by atoms with Gasteiger partial charge in [-0.2, -0.15) is 0 Å². The van der Waals surface area contributed by atoms with Crippen molar-refractivity contribution in [3.8, 4) is 5.75 Å². The third-order valence-corrected chi connectivity index (χ3v) is 8.41. The van der Waals surface area contributed by atoms with E-state index < -0.39 is 17.5 Å². The highest BCUT2D eigenvalue weighted by Gasteiger charge is 2.46. The molecule has 170 valence electrons. The molecule has 1 amide bonds. The molecule has 2 aliphatic heterocycles. The average molecular weight is 494 g/mol. The fourth-order valence-corrected chi connectivity index (χ4v) is 6.61. The number of methoxy groups -OCH3 is 3. The molecular weight excluding hydrogens is 470 g/mol. The third-order valence-electron chi connectivity index (χ3n) is 5.15. The van der Waals surface area contributed by atoms with Crippen molar-refractivity contribution in [2.75, 3.05) is 26.2 Å². The summed E-state index contributed by atoms with van der Waals surface area (Å²) in [5.74, 6) is -0.830. The molecule has 0 bridgehead atoms. The fourth-order valence-electron chi connectivity index (χ4n) is 3.58. The van der Waals surface area contributed by atoms with E-state index in [1.54, 1.807) is 25.0 Å². The van der Waals surface area contributed by atoms with Gasteiger partial charge in [0.2, 0.25) is 5.91 Å². The van der Waals surface area contributed by atoms with Crippen LogP contribution in [0.1, 0.15) is 32.8 Å². The summed E-state index contributed by atoms with van der Waals surface area (Å²) in [5, 5.41) is 0. The van der Waals surface area contributed by atoms with Crippen LogP contribution < -0.4 is 9.64 Å². The van der Waals surface area contributed by atoms with E-state index >= 15 is 0 Å². The number of ether oxygens (including phenoxy) is 3. The zero-order chi connectivity index (χ0) is 23.8. The van der Waals surface area contributed by atoms with Gasteiger partial charge in [0.15, 0.2) is 0 Å². The number of anilines is 1. The Morgan fingerprint density at radius 3 is 2.06 bits per heavy atom. The lowest BCUT2D eigenvalue weighted by molar-refractivity contribution is -0.138. The Morgan fingerprint density at radius 2 is 1.59 bits per heavy atom. The third kappa shape index (κ3) is 3.84. The van der Waals surface area contributed by atoms with E-state index in [4.69, 9.17) is 26.4 Å². The molecule has 1 aromatic rings.